The number of nitrogens with two attached hydrogens (primary N) is 1. The van der Waals surface area contributed by atoms with Crippen LogP contribution in [0.2, 0.25) is 0 Å². The van der Waals surface area contributed by atoms with Gasteiger partial charge in [-0.25, -0.2) is 0 Å². The number of likely N-dealkylation sites (N-methyl/N-ethyl adjacent to an activating group) is 1. The van der Waals surface area contributed by atoms with Gasteiger partial charge in [-0.1, -0.05) is 0 Å². The van der Waals surface area contributed by atoms with Crippen LogP contribution in [0.4, 0.5) is 17.1 Å². The van der Waals surface area contributed by atoms with Crippen molar-refractivity contribution in [2.24, 2.45) is 0 Å². The number of anilines is 2. The van der Waals surface area contributed by atoms with Crippen LogP contribution in [-0.2, 0) is 9.53 Å². The van der Waals surface area contributed by atoms with E-state index in [0.29, 0.717) is 18.8 Å². The summed E-state index contributed by atoms with van der Waals surface area (Å²) in [7, 11) is 0. The molecular formula is C12H17N3O4. The molecule has 0 heterocycles. The normalized spacial score (nSPS) is 10.0. The van der Waals surface area contributed by atoms with Gasteiger partial charge in [0.05, 0.1) is 11.5 Å². The van der Waals surface area contributed by atoms with E-state index in [1.807, 2.05) is 6.92 Å². The zero-order valence-electron chi connectivity index (χ0n) is 11.0. The molecule has 0 aromatic heterocycles. The number of esters is 1. The molecule has 0 aliphatic rings. The van der Waals surface area contributed by atoms with Gasteiger partial charge in [-0.2, -0.15) is 0 Å². The van der Waals surface area contributed by atoms with Gasteiger partial charge in [0.2, 0.25) is 0 Å². The summed E-state index contributed by atoms with van der Waals surface area (Å²) in [5.74, 6) is -0.346. The molecule has 1 rings (SSSR count). The summed E-state index contributed by atoms with van der Waals surface area (Å²) in [6.07, 6.45) is 0. The summed E-state index contributed by atoms with van der Waals surface area (Å²) >= 11 is 0. The van der Waals surface area contributed by atoms with Crippen LogP contribution in [0, 0.1) is 10.1 Å². The van der Waals surface area contributed by atoms with Crippen molar-refractivity contribution >= 4 is 23.0 Å². The Morgan fingerprint density at radius 1 is 1.47 bits per heavy atom. The Morgan fingerprint density at radius 2 is 2.16 bits per heavy atom. The Hall–Kier alpha value is -2.31. The Morgan fingerprint density at radius 3 is 2.63 bits per heavy atom. The van der Waals surface area contributed by atoms with Gasteiger partial charge in [0, 0.05) is 18.3 Å². The SMILES string of the molecule is CCOC(=O)CN(CC)c1ccc([N+](=O)[O-])c(N)c1. The molecule has 2 N–H and O–H groups in total. The summed E-state index contributed by atoms with van der Waals surface area (Å²) in [5, 5.41) is 10.7. The van der Waals surface area contributed by atoms with Crippen molar-refractivity contribution < 1.29 is 14.5 Å². The van der Waals surface area contributed by atoms with E-state index < -0.39 is 4.92 Å². The summed E-state index contributed by atoms with van der Waals surface area (Å²) < 4.78 is 4.87. The van der Waals surface area contributed by atoms with E-state index in [4.69, 9.17) is 10.5 Å². The zero-order chi connectivity index (χ0) is 14.4. The first-order valence-corrected chi connectivity index (χ1v) is 5.94. The third-order valence-corrected chi connectivity index (χ3v) is 2.58. The predicted octanol–water partition coefficient (Wildman–Crippen LogP) is 1.57. The highest BCUT2D eigenvalue weighted by Crippen LogP contribution is 2.26. The smallest absolute Gasteiger partial charge is 0.325 e. The van der Waals surface area contributed by atoms with Crippen LogP contribution in [0.3, 0.4) is 0 Å². The van der Waals surface area contributed by atoms with E-state index in [2.05, 4.69) is 0 Å². The van der Waals surface area contributed by atoms with E-state index in [0.717, 1.165) is 0 Å². The van der Waals surface area contributed by atoms with Crippen molar-refractivity contribution in [3.63, 3.8) is 0 Å². The van der Waals surface area contributed by atoms with Gasteiger partial charge in [-0.05, 0) is 26.0 Å². The number of nitrogens with zero attached hydrogens (tertiary/aromatic N) is 2. The Balaban J connectivity index is 2.90. The van der Waals surface area contributed by atoms with E-state index in [1.165, 1.54) is 12.1 Å². The average Bonchev–Trinajstić information content (AvgIpc) is 2.35. The van der Waals surface area contributed by atoms with Gasteiger partial charge in [-0.15, -0.1) is 0 Å². The highest BCUT2D eigenvalue weighted by atomic mass is 16.6. The molecule has 7 heteroatoms. The summed E-state index contributed by atoms with van der Waals surface area (Å²) in [6.45, 7) is 4.57. The van der Waals surface area contributed by atoms with Crippen molar-refractivity contribution in [3.05, 3.63) is 28.3 Å². The zero-order valence-corrected chi connectivity index (χ0v) is 11.0. The Labute approximate surface area is 111 Å². The van der Waals surface area contributed by atoms with Gasteiger partial charge < -0.3 is 15.4 Å². The standard InChI is InChI=1S/C12H17N3O4/c1-3-14(8-12(16)19-4-2)9-5-6-11(15(17)18)10(13)7-9/h5-7H,3-4,8,13H2,1-2H3. The van der Waals surface area contributed by atoms with Gasteiger partial charge >= 0.3 is 5.97 Å². The Bertz CT molecular complexity index is 476. The van der Waals surface area contributed by atoms with Crippen LogP contribution < -0.4 is 10.6 Å². The molecule has 1 aromatic rings. The largest absolute Gasteiger partial charge is 0.465 e. The van der Waals surface area contributed by atoms with E-state index in [9.17, 15) is 14.9 Å². The lowest BCUT2D eigenvalue weighted by Crippen LogP contribution is -2.30. The van der Waals surface area contributed by atoms with Crippen molar-refractivity contribution in [2.45, 2.75) is 13.8 Å². The number of nitro groups is 1. The minimum atomic E-state index is -0.541. The van der Waals surface area contributed by atoms with E-state index in [-0.39, 0.29) is 23.9 Å². The fraction of sp³-hybridized carbons (Fsp3) is 0.417. The molecule has 0 amide bonds. The maximum atomic E-state index is 11.4. The molecule has 0 aliphatic carbocycles. The molecule has 0 saturated heterocycles. The van der Waals surface area contributed by atoms with Crippen molar-refractivity contribution in [3.8, 4) is 0 Å². The molecule has 0 saturated carbocycles. The topological polar surface area (TPSA) is 98.7 Å². The van der Waals surface area contributed by atoms with Gasteiger partial charge in [-0.3, -0.25) is 14.9 Å². The van der Waals surface area contributed by atoms with Crippen LogP contribution >= 0.6 is 0 Å². The molecule has 0 spiro atoms. The summed E-state index contributed by atoms with van der Waals surface area (Å²) in [6, 6.07) is 4.39. The quantitative estimate of drug-likeness (QED) is 0.363. The molecular weight excluding hydrogens is 250 g/mol. The minimum Gasteiger partial charge on any atom is -0.465 e. The number of carbonyl (C=O) groups is 1. The van der Waals surface area contributed by atoms with Crippen LogP contribution in [-0.4, -0.2) is 30.6 Å². The minimum absolute atomic E-state index is 0.0739. The molecule has 19 heavy (non-hydrogen) atoms. The number of carbonyl (C=O) groups excluding carboxylic acids is 1. The molecule has 7 nitrogen and oxygen atoms in total. The second-order valence-corrected chi connectivity index (χ2v) is 3.82. The summed E-state index contributed by atoms with van der Waals surface area (Å²) in [4.78, 5) is 23.3. The monoisotopic (exact) mass is 267 g/mol. The fourth-order valence-corrected chi connectivity index (χ4v) is 1.65. The second kappa shape index (κ2) is 6.58. The van der Waals surface area contributed by atoms with Crippen LogP contribution in [0.5, 0.6) is 0 Å². The first-order chi connectivity index (χ1) is 8.99. The van der Waals surface area contributed by atoms with Gasteiger partial charge in [0.15, 0.2) is 0 Å². The first-order valence-electron chi connectivity index (χ1n) is 5.94. The lowest BCUT2D eigenvalue weighted by molar-refractivity contribution is -0.383. The first kappa shape index (κ1) is 14.7. The van der Waals surface area contributed by atoms with E-state index >= 15 is 0 Å². The number of rotatable bonds is 6. The number of hydrogen-bond donors (Lipinski definition) is 1. The van der Waals surface area contributed by atoms with E-state index in [1.54, 1.807) is 17.9 Å². The molecule has 0 aliphatic heterocycles. The molecule has 104 valence electrons. The molecule has 0 unspecified atom stereocenters. The third-order valence-electron chi connectivity index (χ3n) is 2.58. The maximum Gasteiger partial charge on any atom is 0.325 e. The lowest BCUT2D eigenvalue weighted by Gasteiger charge is -2.22. The second-order valence-electron chi connectivity index (χ2n) is 3.82. The Kier molecular flexibility index (Phi) is 5.11. The van der Waals surface area contributed by atoms with Crippen molar-refractivity contribution in [2.75, 3.05) is 30.3 Å². The van der Waals surface area contributed by atoms with Gasteiger partial charge in [0.25, 0.3) is 5.69 Å². The average molecular weight is 267 g/mol. The summed E-state index contributed by atoms with van der Waals surface area (Å²) in [5.41, 5.74) is 6.20. The number of nitro benzene ring substituents is 1. The van der Waals surface area contributed by atoms with Crippen LogP contribution in [0.1, 0.15) is 13.8 Å². The highest BCUT2D eigenvalue weighted by molar-refractivity contribution is 5.77. The number of ether oxygens (including phenoxy) is 1. The molecule has 1 aromatic carbocycles. The molecule has 0 radical (unpaired) electrons. The van der Waals surface area contributed by atoms with Crippen molar-refractivity contribution in [1.29, 1.82) is 0 Å². The molecule has 0 bridgehead atoms. The highest BCUT2D eigenvalue weighted by Gasteiger charge is 2.15. The molecule has 0 atom stereocenters. The maximum absolute atomic E-state index is 11.4. The number of benzene rings is 1. The van der Waals surface area contributed by atoms with Gasteiger partial charge in [0.1, 0.15) is 12.2 Å². The predicted molar refractivity (Wildman–Crippen MR) is 72.0 cm³/mol. The molecule has 0 fully saturated rings. The van der Waals surface area contributed by atoms with Crippen LogP contribution in [0.25, 0.3) is 0 Å². The fourth-order valence-electron chi connectivity index (χ4n) is 1.65. The number of nitrogen functional groups attached to an aromatic ring is 1. The lowest BCUT2D eigenvalue weighted by atomic mass is 10.2. The van der Waals surface area contributed by atoms with Crippen LogP contribution in [0.15, 0.2) is 18.2 Å². The third kappa shape index (κ3) is 3.84. The van der Waals surface area contributed by atoms with Crippen molar-refractivity contribution in [1.82, 2.24) is 0 Å². The number of hydrogen-bond acceptors (Lipinski definition) is 6.